The number of aromatic nitrogens is 2. The van der Waals surface area contributed by atoms with Crippen molar-refractivity contribution < 1.29 is 14.0 Å². The summed E-state index contributed by atoms with van der Waals surface area (Å²) in [5.74, 6) is 0. The molecule has 2 fully saturated rings. The molecule has 3 heterocycles. The van der Waals surface area contributed by atoms with Crippen molar-refractivity contribution in [3.8, 4) is 0 Å². The van der Waals surface area contributed by atoms with Crippen molar-refractivity contribution in [3.63, 3.8) is 0 Å². The lowest BCUT2D eigenvalue weighted by atomic mass is 9.79. The van der Waals surface area contributed by atoms with E-state index in [1.807, 2.05) is 6.20 Å². The van der Waals surface area contributed by atoms with Crippen molar-refractivity contribution in [2.24, 2.45) is 0 Å². The maximum Gasteiger partial charge on any atom is 0.498 e. The van der Waals surface area contributed by atoms with Gasteiger partial charge in [-0.25, -0.2) is 0 Å². The molecule has 0 atom stereocenters. The number of morpholine rings is 1. The number of nitrogens with zero attached hydrogens (tertiary/aromatic N) is 3. The zero-order chi connectivity index (χ0) is 16.7. The standard InChI is InChI=1S/C16H28BN3O3/c1-13-14(17-22-15(2,3)16(4,5)23-17)12-18-20(13)7-6-19-8-10-21-11-9-19/h12H,6-11H2,1-5H3. The molecule has 0 saturated carbocycles. The normalized spacial score (nSPS) is 24.3. The molecule has 0 N–H and O–H groups in total. The first-order valence-electron chi connectivity index (χ1n) is 8.48. The molecule has 0 bridgehead atoms. The molecule has 0 spiro atoms. The van der Waals surface area contributed by atoms with Crippen LogP contribution in [-0.2, 0) is 20.6 Å². The van der Waals surface area contributed by atoms with Crippen molar-refractivity contribution >= 4 is 12.6 Å². The highest BCUT2D eigenvalue weighted by molar-refractivity contribution is 6.62. The minimum Gasteiger partial charge on any atom is -0.399 e. The van der Waals surface area contributed by atoms with Crippen LogP contribution in [-0.4, -0.2) is 65.8 Å². The fraction of sp³-hybridized carbons (Fsp3) is 0.812. The Bertz CT molecular complexity index is 537. The first kappa shape index (κ1) is 17.0. The van der Waals surface area contributed by atoms with Crippen molar-refractivity contribution in [2.45, 2.75) is 52.4 Å². The van der Waals surface area contributed by atoms with Gasteiger partial charge in [0.25, 0.3) is 0 Å². The highest BCUT2D eigenvalue weighted by Gasteiger charge is 2.52. The summed E-state index contributed by atoms with van der Waals surface area (Å²) in [7, 11) is -0.336. The van der Waals surface area contributed by atoms with Crippen LogP contribution in [0.1, 0.15) is 33.4 Å². The molecule has 1 aromatic heterocycles. The predicted molar refractivity (Wildman–Crippen MR) is 89.9 cm³/mol. The van der Waals surface area contributed by atoms with Crippen molar-refractivity contribution in [1.29, 1.82) is 0 Å². The van der Waals surface area contributed by atoms with E-state index < -0.39 is 0 Å². The third-order valence-electron chi connectivity index (χ3n) is 5.38. The van der Waals surface area contributed by atoms with E-state index in [1.165, 1.54) is 0 Å². The monoisotopic (exact) mass is 321 g/mol. The highest BCUT2D eigenvalue weighted by atomic mass is 16.7. The van der Waals surface area contributed by atoms with Gasteiger partial charge in [-0.3, -0.25) is 9.58 Å². The molecule has 23 heavy (non-hydrogen) atoms. The molecule has 3 rings (SSSR count). The Kier molecular flexibility index (Phi) is 4.57. The summed E-state index contributed by atoms with van der Waals surface area (Å²) in [5.41, 5.74) is 1.52. The van der Waals surface area contributed by atoms with Crippen LogP contribution in [0.5, 0.6) is 0 Å². The van der Waals surface area contributed by atoms with Gasteiger partial charge in [-0.2, -0.15) is 5.10 Å². The van der Waals surface area contributed by atoms with Gasteiger partial charge in [-0.05, 0) is 34.6 Å². The van der Waals surface area contributed by atoms with Crippen LogP contribution in [0.25, 0.3) is 0 Å². The molecular weight excluding hydrogens is 293 g/mol. The minimum absolute atomic E-state index is 0.319. The van der Waals surface area contributed by atoms with E-state index in [1.54, 1.807) is 0 Å². The zero-order valence-corrected chi connectivity index (χ0v) is 15.0. The molecule has 2 saturated heterocycles. The fourth-order valence-corrected chi connectivity index (χ4v) is 2.95. The smallest absolute Gasteiger partial charge is 0.399 e. The molecule has 0 amide bonds. The van der Waals surface area contributed by atoms with E-state index in [-0.39, 0.29) is 18.3 Å². The predicted octanol–water partition coefficient (Wildman–Crippen LogP) is 0.823. The Morgan fingerprint density at radius 3 is 2.30 bits per heavy atom. The molecule has 0 aromatic carbocycles. The molecule has 2 aliphatic heterocycles. The maximum atomic E-state index is 6.14. The van der Waals surface area contributed by atoms with Gasteiger partial charge in [0.1, 0.15) is 0 Å². The molecular formula is C16H28BN3O3. The second kappa shape index (κ2) is 6.20. The van der Waals surface area contributed by atoms with Gasteiger partial charge in [0.15, 0.2) is 0 Å². The molecule has 7 heteroatoms. The van der Waals surface area contributed by atoms with Crippen LogP contribution in [0, 0.1) is 6.92 Å². The highest BCUT2D eigenvalue weighted by Crippen LogP contribution is 2.36. The average molecular weight is 321 g/mol. The maximum absolute atomic E-state index is 6.14. The molecule has 2 aliphatic rings. The third-order valence-corrected chi connectivity index (χ3v) is 5.38. The molecule has 0 radical (unpaired) electrons. The van der Waals surface area contributed by atoms with E-state index in [0.717, 1.165) is 50.5 Å². The lowest BCUT2D eigenvalue weighted by molar-refractivity contribution is 0.00578. The summed E-state index contributed by atoms with van der Waals surface area (Å²) in [6.07, 6.45) is 1.89. The second-order valence-electron chi connectivity index (χ2n) is 7.45. The third kappa shape index (κ3) is 3.33. The average Bonchev–Trinajstić information content (AvgIpc) is 2.95. The molecule has 0 aliphatic carbocycles. The Morgan fingerprint density at radius 2 is 1.70 bits per heavy atom. The topological polar surface area (TPSA) is 48.8 Å². The van der Waals surface area contributed by atoms with Crippen molar-refractivity contribution in [2.75, 3.05) is 32.8 Å². The lowest BCUT2D eigenvalue weighted by Crippen LogP contribution is -2.41. The summed E-state index contributed by atoms with van der Waals surface area (Å²) in [6, 6.07) is 0. The van der Waals surface area contributed by atoms with E-state index in [0.29, 0.717) is 0 Å². The molecule has 6 nitrogen and oxygen atoms in total. The van der Waals surface area contributed by atoms with Gasteiger partial charge in [-0.15, -0.1) is 0 Å². The Labute approximate surface area is 139 Å². The number of hydrogen-bond acceptors (Lipinski definition) is 5. The van der Waals surface area contributed by atoms with Gasteiger partial charge in [0.05, 0.1) is 31.0 Å². The van der Waals surface area contributed by atoms with Crippen LogP contribution in [0.2, 0.25) is 0 Å². The molecule has 1 aromatic rings. The van der Waals surface area contributed by atoms with Gasteiger partial charge in [-0.1, -0.05) is 0 Å². The van der Waals surface area contributed by atoms with E-state index >= 15 is 0 Å². The Hall–Kier alpha value is -0.885. The Balaban J connectivity index is 1.65. The largest absolute Gasteiger partial charge is 0.498 e. The van der Waals surface area contributed by atoms with Gasteiger partial charge < -0.3 is 14.0 Å². The zero-order valence-electron chi connectivity index (χ0n) is 15.0. The minimum atomic E-state index is -0.336. The second-order valence-corrected chi connectivity index (χ2v) is 7.45. The van der Waals surface area contributed by atoms with Crippen LogP contribution >= 0.6 is 0 Å². The lowest BCUT2D eigenvalue weighted by Gasteiger charge is -2.32. The summed E-state index contributed by atoms with van der Waals surface area (Å²) in [4.78, 5) is 2.42. The summed E-state index contributed by atoms with van der Waals surface area (Å²) in [6.45, 7) is 15.9. The molecule has 0 unspecified atom stereocenters. The van der Waals surface area contributed by atoms with Crippen molar-refractivity contribution in [3.05, 3.63) is 11.9 Å². The van der Waals surface area contributed by atoms with E-state index in [9.17, 15) is 0 Å². The number of rotatable bonds is 4. The van der Waals surface area contributed by atoms with Crippen molar-refractivity contribution in [1.82, 2.24) is 14.7 Å². The number of hydrogen-bond donors (Lipinski definition) is 0. The van der Waals surface area contributed by atoms with Gasteiger partial charge in [0.2, 0.25) is 0 Å². The first-order chi connectivity index (χ1) is 10.8. The van der Waals surface area contributed by atoms with Crippen LogP contribution < -0.4 is 5.46 Å². The van der Waals surface area contributed by atoms with Gasteiger partial charge >= 0.3 is 7.12 Å². The van der Waals surface area contributed by atoms with Gasteiger partial charge in [0, 0.05) is 37.0 Å². The Morgan fingerprint density at radius 1 is 1.09 bits per heavy atom. The SMILES string of the molecule is Cc1c(B2OC(C)(C)C(C)(C)O2)cnn1CCN1CCOCC1. The summed E-state index contributed by atoms with van der Waals surface area (Å²) in [5, 5.41) is 4.54. The summed E-state index contributed by atoms with van der Waals surface area (Å²) < 4.78 is 19.7. The van der Waals surface area contributed by atoms with Crippen LogP contribution in [0.15, 0.2) is 6.20 Å². The summed E-state index contributed by atoms with van der Waals surface area (Å²) >= 11 is 0. The number of ether oxygens (including phenoxy) is 1. The molecule has 128 valence electrons. The van der Waals surface area contributed by atoms with Crippen LogP contribution in [0.4, 0.5) is 0 Å². The quantitative estimate of drug-likeness (QED) is 0.769. The van der Waals surface area contributed by atoms with E-state index in [2.05, 4.69) is 49.3 Å². The van der Waals surface area contributed by atoms with Crippen LogP contribution in [0.3, 0.4) is 0 Å². The fourth-order valence-electron chi connectivity index (χ4n) is 2.95. The van der Waals surface area contributed by atoms with E-state index in [4.69, 9.17) is 14.0 Å². The first-order valence-corrected chi connectivity index (χ1v) is 8.48.